The summed E-state index contributed by atoms with van der Waals surface area (Å²) in [5, 5.41) is 4.08. The third-order valence-electron chi connectivity index (χ3n) is 6.34. The Hall–Kier alpha value is -2.15. The lowest BCUT2D eigenvalue weighted by molar-refractivity contribution is 0.0191. The molecule has 0 unspecified atom stereocenters. The third kappa shape index (κ3) is 3.57. The number of aromatic nitrogens is 3. The fourth-order valence-electron chi connectivity index (χ4n) is 4.78. The zero-order valence-electron chi connectivity index (χ0n) is 17.5. The molecule has 0 spiro atoms. The van der Waals surface area contributed by atoms with Crippen LogP contribution in [0, 0.1) is 0 Å². The van der Waals surface area contributed by atoms with E-state index in [0.717, 1.165) is 54.5 Å². The SMILES string of the molecule is C[C@H]1CC[C@H](C)N1c1ccc(-c2nc3c(Cl)cccc3n2C[C@@H]2CNCCO2)cn1. The molecule has 0 aliphatic carbocycles. The predicted molar refractivity (Wildman–Crippen MR) is 121 cm³/mol. The molecule has 2 fully saturated rings. The molecule has 2 aliphatic heterocycles. The van der Waals surface area contributed by atoms with Gasteiger partial charge in [0.25, 0.3) is 0 Å². The average molecular weight is 426 g/mol. The van der Waals surface area contributed by atoms with Gasteiger partial charge in [-0.1, -0.05) is 17.7 Å². The quantitative estimate of drug-likeness (QED) is 0.681. The minimum Gasteiger partial charge on any atom is -0.374 e. The largest absolute Gasteiger partial charge is 0.374 e. The maximum absolute atomic E-state index is 6.47. The van der Waals surface area contributed by atoms with Crippen LogP contribution in [0.15, 0.2) is 36.5 Å². The average Bonchev–Trinajstić information content (AvgIpc) is 3.30. The number of hydrogen-bond acceptors (Lipinski definition) is 5. The summed E-state index contributed by atoms with van der Waals surface area (Å²) in [5.74, 6) is 1.92. The summed E-state index contributed by atoms with van der Waals surface area (Å²) in [6.07, 6.45) is 4.48. The van der Waals surface area contributed by atoms with E-state index in [1.165, 1.54) is 12.8 Å². The van der Waals surface area contributed by atoms with Gasteiger partial charge in [-0.2, -0.15) is 0 Å². The second-order valence-electron chi connectivity index (χ2n) is 8.44. The first-order chi connectivity index (χ1) is 14.6. The highest BCUT2D eigenvalue weighted by Gasteiger charge is 2.28. The van der Waals surface area contributed by atoms with E-state index in [9.17, 15) is 0 Å². The Labute approximate surface area is 182 Å². The van der Waals surface area contributed by atoms with Crippen LogP contribution in [0.5, 0.6) is 0 Å². The van der Waals surface area contributed by atoms with Gasteiger partial charge < -0.3 is 19.5 Å². The molecule has 2 aromatic heterocycles. The number of imidazole rings is 1. The van der Waals surface area contributed by atoms with Crippen LogP contribution in [0.2, 0.25) is 5.02 Å². The highest BCUT2D eigenvalue weighted by Crippen LogP contribution is 2.32. The third-order valence-corrected chi connectivity index (χ3v) is 6.65. The summed E-state index contributed by atoms with van der Waals surface area (Å²) in [6.45, 7) is 7.74. The van der Waals surface area contributed by atoms with E-state index in [0.29, 0.717) is 17.1 Å². The number of rotatable bonds is 4. The molecule has 3 aromatic rings. The van der Waals surface area contributed by atoms with E-state index in [4.69, 9.17) is 26.3 Å². The standard InChI is InChI=1S/C23H28ClN5O/c1-15-6-7-16(2)29(15)21-9-8-17(12-26-21)23-27-22-19(24)4-3-5-20(22)28(23)14-18-13-25-10-11-30-18/h3-5,8-9,12,15-16,18,25H,6-7,10-11,13-14H2,1-2H3/t15-,16-,18-/m0/s1. The highest BCUT2D eigenvalue weighted by atomic mass is 35.5. The van der Waals surface area contributed by atoms with E-state index < -0.39 is 0 Å². The number of nitrogens with zero attached hydrogens (tertiary/aromatic N) is 4. The van der Waals surface area contributed by atoms with Crippen LogP contribution in [0.4, 0.5) is 5.82 Å². The Morgan fingerprint density at radius 1 is 1.17 bits per heavy atom. The lowest BCUT2D eigenvalue weighted by atomic mass is 10.2. The number of halogens is 1. The zero-order chi connectivity index (χ0) is 20.7. The maximum Gasteiger partial charge on any atom is 0.142 e. The van der Waals surface area contributed by atoms with Crippen molar-refractivity contribution in [2.75, 3.05) is 24.6 Å². The van der Waals surface area contributed by atoms with Gasteiger partial charge in [0.05, 0.1) is 29.8 Å². The van der Waals surface area contributed by atoms with Crippen LogP contribution in [-0.2, 0) is 11.3 Å². The van der Waals surface area contributed by atoms with Crippen molar-refractivity contribution in [2.24, 2.45) is 0 Å². The molecular formula is C23H28ClN5O. The van der Waals surface area contributed by atoms with Crippen LogP contribution in [-0.4, -0.2) is 52.4 Å². The number of anilines is 1. The summed E-state index contributed by atoms with van der Waals surface area (Å²) < 4.78 is 8.18. The molecule has 2 aliphatic rings. The van der Waals surface area contributed by atoms with Crippen LogP contribution in [0.25, 0.3) is 22.4 Å². The van der Waals surface area contributed by atoms with Gasteiger partial charge in [0.15, 0.2) is 0 Å². The summed E-state index contributed by atoms with van der Waals surface area (Å²) in [4.78, 5) is 12.1. The van der Waals surface area contributed by atoms with Gasteiger partial charge >= 0.3 is 0 Å². The molecule has 0 bridgehead atoms. The molecule has 2 saturated heterocycles. The van der Waals surface area contributed by atoms with Crippen molar-refractivity contribution < 1.29 is 4.74 Å². The van der Waals surface area contributed by atoms with Crippen LogP contribution in [0.1, 0.15) is 26.7 Å². The van der Waals surface area contributed by atoms with E-state index in [1.54, 1.807) is 0 Å². The summed E-state index contributed by atoms with van der Waals surface area (Å²) in [6, 6.07) is 11.2. The second-order valence-corrected chi connectivity index (χ2v) is 8.85. The molecular weight excluding hydrogens is 398 g/mol. The lowest BCUT2D eigenvalue weighted by Crippen LogP contribution is -2.40. The zero-order valence-corrected chi connectivity index (χ0v) is 18.3. The molecule has 0 saturated carbocycles. The Kier molecular flexibility index (Phi) is 5.39. The number of hydrogen-bond donors (Lipinski definition) is 1. The van der Waals surface area contributed by atoms with Gasteiger partial charge in [-0.25, -0.2) is 9.97 Å². The number of pyridine rings is 1. The summed E-state index contributed by atoms with van der Waals surface area (Å²) >= 11 is 6.47. The summed E-state index contributed by atoms with van der Waals surface area (Å²) in [5.41, 5.74) is 2.84. The first-order valence-electron chi connectivity index (χ1n) is 10.8. The van der Waals surface area contributed by atoms with Crippen LogP contribution in [0.3, 0.4) is 0 Å². The fraction of sp³-hybridized carbons (Fsp3) is 0.478. The van der Waals surface area contributed by atoms with Crippen LogP contribution >= 0.6 is 11.6 Å². The van der Waals surface area contributed by atoms with Gasteiger partial charge in [-0.3, -0.25) is 0 Å². The van der Waals surface area contributed by atoms with Gasteiger partial charge in [-0.05, 0) is 51.0 Å². The van der Waals surface area contributed by atoms with Crippen molar-refractivity contribution in [1.29, 1.82) is 0 Å². The number of ether oxygens (including phenoxy) is 1. The molecule has 30 heavy (non-hydrogen) atoms. The normalized spacial score (nSPS) is 24.6. The van der Waals surface area contributed by atoms with Crippen LogP contribution < -0.4 is 10.2 Å². The first-order valence-corrected chi connectivity index (χ1v) is 11.2. The van der Waals surface area contributed by atoms with Crippen molar-refractivity contribution in [3.05, 3.63) is 41.6 Å². The van der Waals surface area contributed by atoms with E-state index in [2.05, 4.69) is 46.8 Å². The second kappa shape index (κ2) is 8.17. The number of para-hydroxylation sites is 1. The van der Waals surface area contributed by atoms with Crippen molar-refractivity contribution in [3.8, 4) is 11.4 Å². The highest BCUT2D eigenvalue weighted by molar-refractivity contribution is 6.35. The first kappa shape index (κ1) is 19.8. The molecule has 7 heteroatoms. The van der Waals surface area contributed by atoms with E-state index in [1.807, 2.05) is 18.3 Å². The van der Waals surface area contributed by atoms with Gasteiger partial charge in [-0.15, -0.1) is 0 Å². The van der Waals surface area contributed by atoms with Crippen molar-refractivity contribution in [2.45, 2.75) is 51.4 Å². The molecule has 4 heterocycles. The molecule has 1 aromatic carbocycles. The lowest BCUT2D eigenvalue weighted by Gasteiger charge is -2.27. The number of nitrogens with one attached hydrogen (secondary N) is 1. The van der Waals surface area contributed by atoms with Crippen molar-refractivity contribution >= 4 is 28.5 Å². The van der Waals surface area contributed by atoms with Gasteiger partial charge in [0, 0.05) is 36.9 Å². The number of morpholine rings is 1. The monoisotopic (exact) mass is 425 g/mol. The maximum atomic E-state index is 6.47. The van der Waals surface area contributed by atoms with Crippen molar-refractivity contribution in [1.82, 2.24) is 19.9 Å². The Morgan fingerprint density at radius 2 is 2.00 bits per heavy atom. The Morgan fingerprint density at radius 3 is 2.70 bits per heavy atom. The van der Waals surface area contributed by atoms with Gasteiger partial charge in [0.2, 0.25) is 0 Å². The Balaban J connectivity index is 1.53. The molecule has 5 rings (SSSR count). The molecule has 6 nitrogen and oxygen atoms in total. The molecule has 0 radical (unpaired) electrons. The topological polar surface area (TPSA) is 55.2 Å². The molecule has 1 N–H and O–H groups in total. The van der Waals surface area contributed by atoms with Crippen molar-refractivity contribution in [3.63, 3.8) is 0 Å². The smallest absolute Gasteiger partial charge is 0.142 e. The van der Waals surface area contributed by atoms with E-state index in [-0.39, 0.29) is 6.10 Å². The molecule has 0 amide bonds. The number of benzene rings is 1. The fourth-order valence-corrected chi connectivity index (χ4v) is 4.99. The van der Waals surface area contributed by atoms with Gasteiger partial charge in [0.1, 0.15) is 17.2 Å². The predicted octanol–water partition coefficient (Wildman–Crippen LogP) is 4.12. The number of fused-ring (bicyclic) bond motifs is 1. The molecule has 158 valence electrons. The Bertz CT molecular complexity index is 1020. The van der Waals surface area contributed by atoms with E-state index >= 15 is 0 Å². The minimum absolute atomic E-state index is 0.104. The summed E-state index contributed by atoms with van der Waals surface area (Å²) in [7, 11) is 0. The molecule has 3 atom stereocenters. The minimum atomic E-state index is 0.104.